The second-order valence-corrected chi connectivity index (χ2v) is 12.0. The number of nitrogens with zero attached hydrogens (tertiary/aromatic N) is 6. The van der Waals surface area contributed by atoms with Crippen LogP contribution in [0.5, 0.6) is 5.75 Å². The molecule has 1 N–H and O–H groups in total. The molecule has 234 valence electrons. The van der Waals surface area contributed by atoms with Crippen LogP contribution in [0.4, 0.5) is 24.7 Å². The van der Waals surface area contributed by atoms with E-state index in [0.717, 1.165) is 16.7 Å². The van der Waals surface area contributed by atoms with Crippen LogP contribution >= 0.6 is 11.6 Å². The van der Waals surface area contributed by atoms with E-state index >= 15 is 8.78 Å². The highest BCUT2D eigenvalue weighted by molar-refractivity contribution is 6.38. The molecule has 1 unspecified atom stereocenters. The van der Waals surface area contributed by atoms with Crippen LogP contribution in [0.15, 0.2) is 41.8 Å². The number of hydrogen-bond acceptors (Lipinski definition) is 7. The van der Waals surface area contributed by atoms with Crippen LogP contribution < -0.4 is 15.5 Å². The lowest BCUT2D eigenvalue weighted by Crippen LogP contribution is -2.57. The van der Waals surface area contributed by atoms with E-state index < -0.39 is 46.1 Å². The third kappa shape index (κ3) is 4.61. The van der Waals surface area contributed by atoms with E-state index in [1.165, 1.54) is 6.08 Å². The minimum atomic E-state index is -1.50. The number of benzene rings is 2. The van der Waals surface area contributed by atoms with E-state index in [9.17, 15) is 19.1 Å². The average molecular weight is 639 g/mol. The van der Waals surface area contributed by atoms with Gasteiger partial charge in [0, 0.05) is 45.0 Å². The van der Waals surface area contributed by atoms with Gasteiger partial charge in [0.25, 0.3) is 0 Å². The van der Waals surface area contributed by atoms with Gasteiger partial charge in [-0.3, -0.25) is 14.3 Å². The van der Waals surface area contributed by atoms with Crippen LogP contribution in [0.1, 0.15) is 31.0 Å². The fraction of sp³-hybridized carbons (Fsp3) is 0.312. The Balaban J connectivity index is 1.80. The van der Waals surface area contributed by atoms with Crippen LogP contribution in [-0.2, 0) is 4.79 Å². The smallest absolute Gasteiger partial charge is 0.354 e. The summed E-state index contributed by atoms with van der Waals surface area (Å²) in [6.07, 6.45) is 2.81. The monoisotopic (exact) mass is 638 g/mol. The quantitative estimate of drug-likeness (QED) is 0.303. The number of pyridine rings is 1. The number of likely N-dealkylation sites (N-methyl/N-ethyl adjacent to an activating group) is 1. The first-order chi connectivity index (χ1) is 21.4. The molecule has 0 bridgehead atoms. The number of amides is 1. The predicted octanol–water partition coefficient (Wildman–Crippen LogP) is 5.31. The number of rotatable bonds is 4. The summed E-state index contributed by atoms with van der Waals surface area (Å²) in [6, 6.07) is 2.91. The number of phenols is 1. The van der Waals surface area contributed by atoms with Crippen molar-refractivity contribution in [2.45, 2.75) is 32.7 Å². The van der Waals surface area contributed by atoms with Gasteiger partial charge in [0.05, 0.1) is 39.1 Å². The van der Waals surface area contributed by atoms with Crippen molar-refractivity contribution in [1.29, 1.82) is 0 Å². The Hall–Kier alpha value is -4.58. The molecule has 2 aliphatic heterocycles. The van der Waals surface area contributed by atoms with E-state index in [0.29, 0.717) is 23.5 Å². The Morgan fingerprint density at radius 1 is 1.11 bits per heavy atom. The highest BCUT2D eigenvalue weighted by atomic mass is 35.5. The van der Waals surface area contributed by atoms with E-state index in [2.05, 4.69) is 16.5 Å². The normalized spacial score (nSPS) is 16.3. The average Bonchev–Trinajstić information content (AvgIpc) is 3.12. The van der Waals surface area contributed by atoms with Gasteiger partial charge in [-0.1, -0.05) is 32.0 Å². The third-order valence-corrected chi connectivity index (χ3v) is 8.89. The lowest BCUT2D eigenvalue weighted by Gasteiger charge is -2.41. The minimum Gasteiger partial charge on any atom is -0.507 e. The van der Waals surface area contributed by atoms with Crippen molar-refractivity contribution in [2.24, 2.45) is 0 Å². The highest BCUT2D eigenvalue weighted by Gasteiger charge is 2.39. The fourth-order valence-corrected chi connectivity index (χ4v) is 6.88. The molecule has 9 nitrogen and oxygen atoms in total. The zero-order valence-electron chi connectivity index (χ0n) is 25.0. The third-order valence-electron chi connectivity index (χ3n) is 8.52. The van der Waals surface area contributed by atoms with E-state index in [-0.39, 0.29) is 58.9 Å². The number of carbonyl (C=O) groups excluding carboxylic acids is 1. The molecule has 2 aliphatic rings. The maximum atomic E-state index is 17.3. The molecule has 1 saturated heterocycles. The number of anilines is 2. The van der Waals surface area contributed by atoms with Gasteiger partial charge in [0.2, 0.25) is 5.91 Å². The first-order valence-electron chi connectivity index (χ1n) is 14.4. The molecule has 1 amide bonds. The van der Waals surface area contributed by atoms with Crippen LogP contribution in [0, 0.1) is 24.4 Å². The number of phenolic OH excluding ortho intramolecular Hbond substituents is 1. The molecule has 1 atom stereocenters. The molecule has 4 heterocycles. The minimum absolute atomic E-state index is 0.144. The van der Waals surface area contributed by atoms with Crippen molar-refractivity contribution in [3.63, 3.8) is 0 Å². The van der Waals surface area contributed by atoms with Gasteiger partial charge in [-0.15, -0.1) is 0 Å². The maximum Gasteiger partial charge on any atom is 0.354 e. The number of halogens is 4. The lowest BCUT2D eigenvalue weighted by atomic mass is 9.98. The molecule has 0 radical (unpaired) electrons. The molecular formula is C32H30ClF3N6O3. The second kappa shape index (κ2) is 11.1. The summed E-state index contributed by atoms with van der Waals surface area (Å²) in [6.45, 7) is 10.1. The highest BCUT2D eigenvalue weighted by Crippen LogP contribution is 2.50. The maximum absolute atomic E-state index is 17.3. The van der Waals surface area contributed by atoms with Crippen molar-refractivity contribution in [2.75, 3.05) is 43.0 Å². The molecule has 45 heavy (non-hydrogen) atoms. The van der Waals surface area contributed by atoms with Gasteiger partial charge in [-0.2, -0.15) is 4.98 Å². The summed E-state index contributed by atoms with van der Waals surface area (Å²) in [4.78, 5) is 40.9. The number of aromatic hydroxyl groups is 1. The van der Waals surface area contributed by atoms with Gasteiger partial charge < -0.3 is 19.8 Å². The van der Waals surface area contributed by atoms with Crippen LogP contribution in [0.2, 0.25) is 5.02 Å². The molecule has 1 fully saturated rings. The molecule has 0 aliphatic carbocycles. The van der Waals surface area contributed by atoms with Crippen molar-refractivity contribution in [3.05, 3.63) is 81.3 Å². The Labute approximate surface area is 261 Å². The van der Waals surface area contributed by atoms with Gasteiger partial charge in [0.15, 0.2) is 17.5 Å². The Kier molecular flexibility index (Phi) is 7.51. The number of hydrogen-bond donors (Lipinski definition) is 1. The number of piperazine rings is 1. The van der Waals surface area contributed by atoms with Crippen molar-refractivity contribution >= 4 is 39.9 Å². The Morgan fingerprint density at radius 2 is 1.84 bits per heavy atom. The van der Waals surface area contributed by atoms with Crippen molar-refractivity contribution in [3.8, 4) is 22.6 Å². The van der Waals surface area contributed by atoms with Crippen LogP contribution in [0.25, 0.3) is 27.7 Å². The molecule has 6 rings (SSSR count). The molecule has 2 aromatic carbocycles. The number of fused-ring (bicyclic) bond motifs is 2. The SMILES string of the molecule is C=CC(=O)N1CCN2c3nc(=O)n(-c4c(C)ccnc4C(C)C)c4c(F)c(-c5c(O)ccc(F)c5F)c(Cl)c(c34)N(C)CC2C1. The molecule has 0 saturated carbocycles. The summed E-state index contributed by atoms with van der Waals surface area (Å²) in [5.74, 6) is -5.02. The summed E-state index contributed by atoms with van der Waals surface area (Å²) < 4.78 is 48.4. The molecule has 4 aromatic rings. The first-order valence-corrected chi connectivity index (χ1v) is 14.7. The Morgan fingerprint density at radius 3 is 2.53 bits per heavy atom. The topological polar surface area (TPSA) is 94.8 Å². The standard InChI is InChI=1S/C32H30ClF3N6O3/c1-6-20(44)40-11-12-41-17(14-40)13-39(5)29-23-30(26(36)22(24(29)33)21-19(43)8-7-18(34)25(21)35)42(32(45)38-31(23)41)28-16(4)9-10-37-27(28)15(2)3/h6-10,15,17,43H,1,11-14H2,2-5H3. The van der Waals surface area contributed by atoms with Gasteiger partial charge in [0.1, 0.15) is 17.1 Å². The summed E-state index contributed by atoms with van der Waals surface area (Å²) in [7, 11) is 1.69. The molecular weight excluding hydrogens is 609 g/mol. The predicted molar refractivity (Wildman–Crippen MR) is 167 cm³/mol. The largest absolute Gasteiger partial charge is 0.507 e. The fourth-order valence-electron chi connectivity index (χ4n) is 6.46. The Bertz CT molecular complexity index is 1980. The van der Waals surface area contributed by atoms with Gasteiger partial charge >= 0.3 is 5.69 Å². The van der Waals surface area contributed by atoms with Gasteiger partial charge in [-0.05, 0) is 42.7 Å². The molecule has 0 spiro atoms. The van der Waals surface area contributed by atoms with Crippen molar-refractivity contribution < 1.29 is 23.1 Å². The van der Waals surface area contributed by atoms with E-state index in [1.54, 1.807) is 36.0 Å². The molecule has 2 aromatic heterocycles. The van der Waals surface area contributed by atoms with Crippen LogP contribution in [0.3, 0.4) is 0 Å². The summed E-state index contributed by atoms with van der Waals surface area (Å²) in [5.41, 5.74) is -0.915. The number of carbonyl (C=O) groups is 1. The number of aromatic nitrogens is 3. The zero-order valence-corrected chi connectivity index (χ0v) is 25.8. The zero-order chi connectivity index (χ0) is 32.5. The van der Waals surface area contributed by atoms with E-state index in [1.807, 2.05) is 18.7 Å². The summed E-state index contributed by atoms with van der Waals surface area (Å²) in [5, 5.41) is 10.6. The van der Waals surface area contributed by atoms with Crippen LogP contribution in [-0.4, -0.2) is 69.7 Å². The summed E-state index contributed by atoms with van der Waals surface area (Å²) >= 11 is 6.94. The first kappa shape index (κ1) is 30.4. The second-order valence-electron chi connectivity index (χ2n) is 11.6. The van der Waals surface area contributed by atoms with Gasteiger partial charge in [-0.25, -0.2) is 18.0 Å². The molecule has 13 heteroatoms. The van der Waals surface area contributed by atoms with Crippen molar-refractivity contribution in [1.82, 2.24) is 19.4 Å². The lowest BCUT2D eigenvalue weighted by molar-refractivity contribution is -0.126. The number of aryl methyl sites for hydroxylation is 1. The van der Waals surface area contributed by atoms with E-state index in [4.69, 9.17) is 11.6 Å².